The molecule has 144 valence electrons. The molecule has 6 nitrogen and oxygen atoms in total. The van der Waals surface area contributed by atoms with Gasteiger partial charge in [-0.1, -0.05) is 30.3 Å². The number of likely N-dealkylation sites (tertiary alicyclic amines) is 1. The number of nitrogens with two attached hydrogens (primary N) is 1. The zero-order chi connectivity index (χ0) is 17.8. The Hall–Kier alpha value is -1.63. The average molecular weight is 381 g/mol. The van der Waals surface area contributed by atoms with Gasteiger partial charge in [-0.05, 0) is 18.0 Å². The maximum Gasteiger partial charge on any atom is 0.236 e. The number of carbonyl (C=O) groups excluding carboxylic acids is 2. The second kappa shape index (κ2) is 9.35. The van der Waals surface area contributed by atoms with Gasteiger partial charge >= 0.3 is 0 Å². The molecule has 0 spiro atoms. The summed E-state index contributed by atoms with van der Waals surface area (Å²) in [7, 11) is 0. The van der Waals surface area contributed by atoms with Crippen LogP contribution in [0.25, 0.3) is 0 Å². The molecular formula is C19H29ClN4O2. The fraction of sp³-hybridized carbons (Fsp3) is 0.579. The normalized spacial score (nSPS) is 23.6. The Morgan fingerprint density at radius 3 is 2.23 bits per heavy atom. The zero-order valence-electron chi connectivity index (χ0n) is 15.3. The average Bonchev–Trinajstić information content (AvgIpc) is 3.05. The molecule has 0 unspecified atom stereocenters. The van der Waals surface area contributed by atoms with Gasteiger partial charge in [-0.25, -0.2) is 0 Å². The minimum Gasteiger partial charge on any atom is -0.339 e. The smallest absolute Gasteiger partial charge is 0.236 e. The molecule has 2 aliphatic rings. The van der Waals surface area contributed by atoms with Crippen molar-refractivity contribution in [3.63, 3.8) is 0 Å². The summed E-state index contributed by atoms with van der Waals surface area (Å²) in [5.74, 6) is 1.04. The van der Waals surface area contributed by atoms with Crippen LogP contribution in [0.15, 0.2) is 30.3 Å². The highest BCUT2D eigenvalue weighted by Gasteiger charge is 2.34. The molecule has 2 amide bonds. The number of benzene rings is 1. The molecule has 0 aromatic heterocycles. The van der Waals surface area contributed by atoms with E-state index in [2.05, 4.69) is 29.2 Å². The lowest BCUT2D eigenvalue weighted by molar-refractivity contribution is -0.139. The lowest BCUT2D eigenvalue weighted by Crippen LogP contribution is -2.52. The molecule has 7 heteroatoms. The van der Waals surface area contributed by atoms with Gasteiger partial charge in [-0.3, -0.25) is 14.5 Å². The lowest BCUT2D eigenvalue weighted by atomic mass is 9.89. The number of hydrogen-bond acceptors (Lipinski definition) is 4. The van der Waals surface area contributed by atoms with E-state index in [4.69, 9.17) is 5.73 Å². The minimum absolute atomic E-state index is 0. The Morgan fingerprint density at radius 2 is 1.65 bits per heavy atom. The van der Waals surface area contributed by atoms with E-state index in [9.17, 15) is 9.59 Å². The molecule has 2 heterocycles. The Morgan fingerprint density at radius 1 is 1.04 bits per heavy atom. The third-order valence-electron chi connectivity index (χ3n) is 5.48. The molecule has 1 aromatic rings. The molecular weight excluding hydrogens is 352 g/mol. The van der Waals surface area contributed by atoms with Crippen molar-refractivity contribution in [2.24, 2.45) is 11.7 Å². The zero-order valence-corrected chi connectivity index (χ0v) is 16.2. The number of hydrogen-bond donors (Lipinski definition) is 1. The van der Waals surface area contributed by atoms with Crippen molar-refractivity contribution in [3.8, 4) is 0 Å². The van der Waals surface area contributed by atoms with Crippen molar-refractivity contribution in [1.82, 2.24) is 14.7 Å². The van der Waals surface area contributed by atoms with Crippen molar-refractivity contribution in [2.45, 2.75) is 12.8 Å². The first-order chi connectivity index (χ1) is 12.1. The van der Waals surface area contributed by atoms with Gasteiger partial charge < -0.3 is 15.5 Å². The van der Waals surface area contributed by atoms with Crippen LogP contribution < -0.4 is 5.73 Å². The number of amides is 2. The molecule has 2 fully saturated rings. The first-order valence-electron chi connectivity index (χ1n) is 9.09. The predicted octanol–water partition coefficient (Wildman–Crippen LogP) is 0.773. The van der Waals surface area contributed by atoms with E-state index < -0.39 is 0 Å². The van der Waals surface area contributed by atoms with E-state index in [0.717, 1.165) is 13.1 Å². The number of nitrogens with zero attached hydrogens (tertiary/aromatic N) is 3. The number of rotatable bonds is 4. The Balaban J connectivity index is 0.00000243. The summed E-state index contributed by atoms with van der Waals surface area (Å²) in [6.07, 6.45) is 0. The first-order valence-corrected chi connectivity index (χ1v) is 9.09. The van der Waals surface area contributed by atoms with E-state index in [1.54, 1.807) is 11.8 Å². The summed E-state index contributed by atoms with van der Waals surface area (Å²) in [6, 6.07) is 10.5. The molecule has 0 aliphatic carbocycles. The summed E-state index contributed by atoms with van der Waals surface area (Å²) >= 11 is 0. The van der Waals surface area contributed by atoms with Gasteiger partial charge in [-0.2, -0.15) is 0 Å². The number of piperazine rings is 1. The molecule has 0 saturated carbocycles. The Bertz CT molecular complexity index is 605. The largest absolute Gasteiger partial charge is 0.339 e. The molecule has 3 rings (SSSR count). The minimum atomic E-state index is 0. The van der Waals surface area contributed by atoms with Gasteiger partial charge in [0.25, 0.3) is 0 Å². The highest BCUT2D eigenvalue weighted by atomic mass is 35.5. The molecule has 2 N–H and O–H groups in total. The molecule has 2 aliphatic heterocycles. The standard InChI is InChI=1S/C19H28N4O2.ClH/c1-15(24)22-7-9-23(10-8-22)19(25)14-21-12-17(11-20)18(13-21)16-5-3-2-4-6-16;/h2-6,17-18H,7-14,20H2,1H3;1H/t17-,18+;/m1./s1. The Kier molecular flexibility index (Phi) is 7.43. The van der Waals surface area contributed by atoms with Crippen molar-refractivity contribution in [1.29, 1.82) is 0 Å². The maximum atomic E-state index is 12.6. The van der Waals surface area contributed by atoms with Gasteiger partial charge in [0.1, 0.15) is 0 Å². The summed E-state index contributed by atoms with van der Waals surface area (Å²) in [6.45, 7) is 6.96. The van der Waals surface area contributed by atoms with Crippen molar-refractivity contribution in [2.75, 3.05) is 52.4 Å². The van der Waals surface area contributed by atoms with Gasteiger partial charge in [0, 0.05) is 52.1 Å². The SMILES string of the molecule is CC(=O)N1CCN(C(=O)CN2C[C@@H](CN)[C@H](c3ccccc3)C2)CC1.Cl. The maximum absolute atomic E-state index is 12.6. The quantitative estimate of drug-likeness (QED) is 0.837. The number of halogens is 1. The van der Waals surface area contributed by atoms with E-state index in [-0.39, 0.29) is 24.2 Å². The second-order valence-corrected chi connectivity index (χ2v) is 7.09. The van der Waals surface area contributed by atoms with Crippen LogP contribution in [0.2, 0.25) is 0 Å². The van der Waals surface area contributed by atoms with E-state index in [1.165, 1.54) is 5.56 Å². The van der Waals surface area contributed by atoms with E-state index >= 15 is 0 Å². The molecule has 0 bridgehead atoms. The third-order valence-corrected chi connectivity index (χ3v) is 5.48. The van der Waals surface area contributed by atoms with Gasteiger partial charge in [0.15, 0.2) is 0 Å². The number of carbonyl (C=O) groups is 2. The van der Waals surface area contributed by atoms with Gasteiger partial charge in [0.05, 0.1) is 6.54 Å². The van der Waals surface area contributed by atoms with Crippen LogP contribution in [0.4, 0.5) is 0 Å². The van der Waals surface area contributed by atoms with Crippen LogP contribution in [0.5, 0.6) is 0 Å². The summed E-state index contributed by atoms with van der Waals surface area (Å²) < 4.78 is 0. The molecule has 2 saturated heterocycles. The first kappa shape index (κ1) is 20.7. The van der Waals surface area contributed by atoms with Crippen molar-refractivity contribution < 1.29 is 9.59 Å². The van der Waals surface area contributed by atoms with E-state index in [1.807, 2.05) is 11.0 Å². The summed E-state index contributed by atoms with van der Waals surface area (Å²) in [5.41, 5.74) is 7.29. The van der Waals surface area contributed by atoms with Gasteiger partial charge in [0.2, 0.25) is 11.8 Å². The molecule has 26 heavy (non-hydrogen) atoms. The van der Waals surface area contributed by atoms with Crippen LogP contribution in [-0.2, 0) is 9.59 Å². The topological polar surface area (TPSA) is 69.9 Å². The van der Waals surface area contributed by atoms with Crippen LogP contribution in [0, 0.1) is 5.92 Å². The predicted molar refractivity (Wildman–Crippen MR) is 104 cm³/mol. The van der Waals surface area contributed by atoms with Crippen molar-refractivity contribution in [3.05, 3.63) is 35.9 Å². The van der Waals surface area contributed by atoms with E-state index in [0.29, 0.717) is 51.1 Å². The van der Waals surface area contributed by atoms with Gasteiger partial charge in [-0.15, -0.1) is 12.4 Å². The summed E-state index contributed by atoms with van der Waals surface area (Å²) in [5, 5.41) is 0. The lowest BCUT2D eigenvalue weighted by Gasteiger charge is -2.35. The molecule has 1 aromatic carbocycles. The summed E-state index contributed by atoms with van der Waals surface area (Å²) in [4.78, 5) is 29.9. The van der Waals surface area contributed by atoms with Crippen LogP contribution >= 0.6 is 12.4 Å². The second-order valence-electron chi connectivity index (χ2n) is 7.09. The van der Waals surface area contributed by atoms with Crippen molar-refractivity contribution >= 4 is 24.2 Å². The highest BCUT2D eigenvalue weighted by Crippen LogP contribution is 2.31. The molecule has 2 atom stereocenters. The van der Waals surface area contributed by atoms with Crippen LogP contribution in [0.3, 0.4) is 0 Å². The van der Waals surface area contributed by atoms with Crippen LogP contribution in [0.1, 0.15) is 18.4 Å². The Labute approximate surface area is 161 Å². The van der Waals surface area contributed by atoms with Crippen LogP contribution in [-0.4, -0.2) is 78.9 Å². The third kappa shape index (κ3) is 4.75. The fourth-order valence-electron chi connectivity index (χ4n) is 3.97. The highest BCUT2D eigenvalue weighted by molar-refractivity contribution is 5.85. The fourth-order valence-corrected chi connectivity index (χ4v) is 3.97. The molecule has 0 radical (unpaired) electrons. The monoisotopic (exact) mass is 380 g/mol.